The van der Waals surface area contributed by atoms with Crippen LogP contribution in [0.2, 0.25) is 0 Å². The number of benzene rings is 2. The van der Waals surface area contributed by atoms with Crippen LogP contribution in [0, 0.1) is 10.5 Å². The number of phenols is 1. The van der Waals surface area contributed by atoms with E-state index in [2.05, 4.69) is 20.9 Å². The summed E-state index contributed by atoms with van der Waals surface area (Å²) in [4.78, 5) is 31.6. The van der Waals surface area contributed by atoms with E-state index in [0.29, 0.717) is 29.7 Å². The van der Waals surface area contributed by atoms with Crippen molar-refractivity contribution in [2.45, 2.75) is 26.8 Å². The van der Waals surface area contributed by atoms with Crippen LogP contribution in [0.5, 0.6) is 5.75 Å². The van der Waals surface area contributed by atoms with Crippen molar-refractivity contribution < 1.29 is 14.6 Å². The number of thiazole rings is 1. The third-order valence-corrected chi connectivity index (χ3v) is 7.52. The first-order valence-corrected chi connectivity index (χ1v) is 12.8. The molecule has 0 bridgehead atoms. The molecule has 1 atom stereocenters. The molecule has 0 aliphatic carbocycles. The fourth-order valence-corrected chi connectivity index (χ4v) is 6.28. The van der Waals surface area contributed by atoms with E-state index in [-0.39, 0.29) is 17.9 Å². The largest absolute Gasteiger partial charge is 0.506 e. The molecule has 9 heteroatoms. The summed E-state index contributed by atoms with van der Waals surface area (Å²) in [6.45, 7) is 5.71. The zero-order valence-corrected chi connectivity index (χ0v) is 22.6. The molecule has 170 valence electrons. The van der Waals surface area contributed by atoms with Gasteiger partial charge >= 0.3 is 5.97 Å². The molecule has 0 radical (unpaired) electrons. The Bertz CT molecular complexity index is 1470. The number of carbonyl (C=O) groups is 1. The predicted molar refractivity (Wildman–Crippen MR) is 140 cm³/mol. The maximum atomic E-state index is 13.6. The van der Waals surface area contributed by atoms with Gasteiger partial charge in [0.15, 0.2) is 4.80 Å². The number of phenolic OH excluding ortho intramolecular Hbond substituents is 1. The molecular formula is C24H20BrIN2O4S. The van der Waals surface area contributed by atoms with Gasteiger partial charge in [0, 0.05) is 10.0 Å². The highest BCUT2D eigenvalue weighted by molar-refractivity contribution is 14.1. The Labute approximate surface area is 216 Å². The summed E-state index contributed by atoms with van der Waals surface area (Å²) >= 11 is 6.70. The number of aromatic nitrogens is 1. The number of fused-ring (bicyclic) bond motifs is 1. The standard InChI is InChI=1S/C24H20BrIN2O4S/c1-4-32-23(31)19-13(3)27-24-28(20(19)14-7-5-12(2)6-8-14)22(30)18(33-24)10-15-9-16(25)11-17(26)21(15)29/h5-11,20,29H,4H2,1-3H3/b18-10-/t20-/m0/s1. The molecule has 1 aliphatic rings. The monoisotopic (exact) mass is 638 g/mol. The first-order valence-electron chi connectivity index (χ1n) is 10.2. The molecule has 0 amide bonds. The van der Waals surface area contributed by atoms with Crippen LogP contribution in [-0.2, 0) is 9.53 Å². The Hall–Kier alpha value is -2.24. The molecule has 0 spiro atoms. The molecule has 4 rings (SSSR count). The first kappa shape index (κ1) is 23.9. The third kappa shape index (κ3) is 4.58. The Morgan fingerprint density at radius 1 is 1.30 bits per heavy atom. The Kier molecular flexibility index (Phi) is 6.92. The van der Waals surface area contributed by atoms with Gasteiger partial charge in [-0.3, -0.25) is 9.36 Å². The van der Waals surface area contributed by atoms with Gasteiger partial charge in [0.25, 0.3) is 5.56 Å². The van der Waals surface area contributed by atoms with E-state index in [0.717, 1.165) is 15.6 Å². The van der Waals surface area contributed by atoms with Crippen molar-refractivity contribution in [3.8, 4) is 5.75 Å². The molecule has 1 N–H and O–H groups in total. The average molecular weight is 639 g/mol. The highest BCUT2D eigenvalue weighted by atomic mass is 127. The molecule has 3 aromatic rings. The van der Waals surface area contributed by atoms with Crippen molar-refractivity contribution in [3.05, 3.63) is 92.1 Å². The number of nitrogens with zero attached hydrogens (tertiary/aromatic N) is 2. The molecule has 0 unspecified atom stereocenters. The summed E-state index contributed by atoms with van der Waals surface area (Å²) in [6.07, 6.45) is 1.65. The summed E-state index contributed by atoms with van der Waals surface area (Å²) in [5.41, 5.74) is 2.97. The summed E-state index contributed by atoms with van der Waals surface area (Å²) in [6, 6.07) is 10.6. The van der Waals surface area contributed by atoms with E-state index in [4.69, 9.17) is 4.74 Å². The number of allylic oxidation sites excluding steroid dienone is 1. The maximum absolute atomic E-state index is 13.6. The molecule has 0 saturated carbocycles. The molecule has 2 aromatic carbocycles. The van der Waals surface area contributed by atoms with E-state index < -0.39 is 12.0 Å². The van der Waals surface area contributed by atoms with Crippen molar-refractivity contribution in [1.29, 1.82) is 0 Å². The van der Waals surface area contributed by atoms with Gasteiger partial charge in [-0.25, -0.2) is 9.79 Å². The molecule has 6 nitrogen and oxygen atoms in total. The summed E-state index contributed by atoms with van der Waals surface area (Å²) in [5, 5.41) is 10.5. The summed E-state index contributed by atoms with van der Waals surface area (Å²) in [5.74, 6) is -0.388. The van der Waals surface area contributed by atoms with Gasteiger partial charge in [-0.2, -0.15) is 0 Å². The SMILES string of the molecule is CCOC(=O)C1=C(C)N=c2s/c(=C\c3cc(Br)cc(I)c3O)c(=O)n2[C@H]1c1ccc(C)cc1. The Morgan fingerprint density at radius 2 is 2.00 bits per heavy atom. The van der Waals surface area contributed by atoms with Crippen LogP contribution in [0.4, 0.5) is 0 Å². The van der Waals surface area contributed by atoms with Gasteiger partial charge < -0.3 is 9.84 Å². The second kappa shape index (κ2) is 9.55. The van der Waals surface area contributed by atoms with Gasteiger partial charge in [-0.05, 0) is 67.1 Å². The van der Waals surface area contributed by atoms with Gasteiger partial charge in [0.1, 0.15) is 5.75 Å². The van der Waals surface area contributed by atoms with Crippen LogP contribution in [-0.4, -0.2) is 22.2 Å². The fourth-order valence-electron chi connectivity index (χ4n) is 3.69. The third-order valence-electron chi connectivity index (χ3n) is 5.25. The minimum absolute atomic E-state index is 0.100. The predicted octanol–water partition coefficient (Wildman–Crippen LogP) is 4.18. The van der Waals surface area contributed by atoms with Gasteiger partial charge in [-0.1, -0.05) is 57.1 Å². The van der Waals surface area contributed by atoms with Crippen LogP contribution < -0.4 is 14.9 Å². The lowest BCUT2D eigenvalue weighted by Gasteiger charge is -2.24. The zero-order chi connectivity index (χ0) is 23.9. The smallest absolute Gasteiger partial charge is 0.338 e. The molecule has 0 fully saturated rings. The quantitative estimate of drug-likeness (QED) is 0.344. The van der Waals surface area contributed by atoms with Crippen molar-refractivity contribution in [2.75, 3.05) is 6.61 Å². The van der Waals surface area contributed by atoms with Crippen LogP contribution in [0.1, 0.15) is 36.6 Å². The topological polar surface area (TPSA) is 80.9 Å². The van der Waals surface area contributed by atoms with E-state index >= 15 is 0 Å². The number of aromatic hydroxyl groups is 1. The molecular weight excluding hydrogens is 619 g/mol. The number of hydrogen-bond acceptors (Lipinski definition) is 6. The van der Waals surface area contributed by atoms with E-state index in [1.807, 2.05) is 53.8 Å². The lowest BCUT2D eigenvalue weighted by molar-refractivity contribution is -0.139. The molecule has 0 saturated heterocycles. The number of carbonyl (C=O) groups excluding carboxylic acids is 1. The van der Waals surface area contributed by atoms with Gasteiger partial charge in [0.2, 0.25) is 0 Å². The second-order valence-electron chi connectivity index (χ2n) is 7.54. The van der Waals surface area contributed by atoms with Crippen molar-refractivity contribution in [3.63, 3.8) is 0 Å². The number of hydrogen-bond donors (Lipinski definition) is 1. The van der Waals surface area contributed by atoms with E-state index in [9.17, 15) is 14.7 Å². The second-order valence-corrected chi connectivity index (χ2v) is 10.6. The van der Waals surface area contributed by atoms with Crippen LogP contribution in [0.15, 0.2) is 61.9 Å². The fraction of sp³-hybridized carbons (Fsp3) is 0.208. The molecule has 2 heterocycles. The van der Waals surface area contributed by atoms with Crippen LogP contribution in [0.25, 0.3) is 6.08 Å². The highest BCUT2D eigenvalue weighted by Gasteiger charge is 2.33. The summed E-state index contributed by atoms with van der Waals surface area (Å²) in [7, 11) is 0. The maximum Gasteiger partial charge on any atom is 0.338 e. The number of halogens is 2. The zero-order valence-electron chi connectivity index (χ0n) is 18.1. The molecule has 1 aromatic heterocycles. The Balaban J connectivity index is 1.98. The minimum Gasteiger partial charge on any atom is -0.506 e. The number of aryl methyl sites for hydroxylation is 1. The van der Waals surface area contributed by atoms with Crippen LogP contribution >= 0.6 is 49.9 Å². The van der Waals surface area contributed by atoms with E-state index in [1.54, 1.807) is 36.6 Å². The van der Waals surface area contributed by atoms with Crippen molar-refractivity contribution >= 4 is 61.9 Å². The molecule has 1 aliphatic heterocycles. The number of ether oxygens (including phenoxy) is 1. The lowest BCUT2D eigenvalue weighted by atomic mass is 9.95. The Morgan fingerprint density at radius 3 is 2.67 bits per heavy atom. The van der Waals surface area contributed by atoms with Gasteiger partial charge in [0.05, 0.1) is 32.0 Å². The van der Waals surface area contributed by atoms with Gasteiger partial charge in [-0.15, -0.1) is 0 Å². The lowest BCUT2D eigenvalue weighted by Crippen LogP contribution is -2.39. The summed E-state index contributed by atoms with van der Waals surface area (Å²) < 4.78 is 8.72. The highest BCUT2D eigenvalue weighted by Crippen LogP contribution is 2.31. The minimum atomic E-state index is -0.653. The van der Waals surface area contributed by atoms with Crippen molar-refractivity contribution in [2.24, 2.45) is 4.99 Å². The normalized spacial score (nSPS) is 15.9. The number of esters is 1. The molecule has 33 heavy (non-hydrogen) atoms. The first-order chi connectivity index (χ1) is 15.7. The van der Waals surface area contributed by atoms with E-state index in [1.165, 1.54) is 11.3 Å². The average Bonchev–Trinajstić information content (AvgIpc) is 3.06. The number of rotatable bonds is 4. The van der Waals surface area contributed by atoms with Crippen LogP contribution in [0.3, 0.4) is 0 Å². The van der Waals surface area contributed by atoms with Crippen molar-refractivity contribution in [1.82, 2.24) is 4.57 Å².